The molecule has 1 fully saturated rings. The number of hydrogen-bond acceptors (Lipinski definition) is 3. The summed E-state index contributed by atoms with van der Waals surface area (Å²) in [6.07, 6.45) is -1.34. The molecule has 1 amide bonds. The molecule has 1 aliphatic rings. The van der Waals surface area contributed by atoms with Crippen LogP contribution in [0.4, 0.5) is 18.0 Å². The molecule has 1 aliphatic heterocycles. The molecule has 2 aromatic rings. The van der Waals surface area contributed by atoms with Crippen LogP contribution in [0.25, 0.3) is 11.1 Å². The Labute approximate surface area is 166 Å². The molecular weight excluding hydrogens is 409 g/mol. The average molecular weight is 428 g/mol. The van der Waals surface area contributed by atoms with Crippen LogP contribution in [0, 0.1) is 5.82 Å². The summed E-state index contributed by atoms with van der Waals surface area (Å²) in [5.74, 6) is -4.31. The topological polar surface area (TPSA) is 86.7 Å². The number of hydrogen-bond donors (Lipinski definition) is 2. The summed E-state index contributed by atoms with van der Waals surface area (Å²) in [6.45, 7) is -1.18. The lowest BCUT2D eigenvalue weighted by molar-refractivity contribution is -0.00560. The highest BCUT2D eigenvalue weighted by atomic mass is 32.2. The smallest absolute Gasteiger partial charge is 0.407 e. The van der Waals surface area contributed by atoms with Crippen LogP contribution >= 0.6 is 0 Å². The Bertz CT molecular complexity index is 1020. The summed E-state index contributed by atoms with van der Waals surface area (Å²) >= 11 is 0. The fourth-order valence-corrected chi connectivity index (χ4v) is 4.33. The number of sulfonamides is 1. The van der Waals surface area contributed by atoms with Crippen LogP contribution in [-0.2, 0) is 16.4 Å². The van der Waals surface area contributed by atoms with Crippen LogP contribution in [0.1, 0.15) is 5.56 Å². The molecule has 156 valence electrons. The predicted octanol–water partition coefficient (Wildman–Crippen LogP) is 2.95. The van der Waals surface area contributed by atoms with Gasteiger partial charge in [0.2, 0.25) is 10.0 Å². The quantitative estimate of drug-likeness (QED) is 0.767. The first-order valence-electron chi connectivity index (χ1n) is 8.67. The summed E-state index contributed by atoms with van der Waals surface area (Å²) in [5.41, 5.74) is 0.826. The maximum absolute atomic E-state index is 15.1. The van der Waals surface area contributed by atoms with E-state index in [0.717, 1.165) is 0 Å². The Balaban J connectivity index is 2.00. The van der Waals surface area contributed by atoms with Crippen LogP contribution in [0.5, 0.6) is 0 Å². The molecule has 0 spiro atoms. The summed E-state index contributed by atoms with van der Waals surface area (Å²) in [6, 6.07) is 9.53. The van der Waals surface area contributed by atoms with E-state index >= 15 is 4.39 Å². The zero-order valence-electron chi connectivity index (χ0n) is 15.3. The van der Waals surface area contributed by atoms with Gasteiger partial charge >= 0.3 is 6.09 Å². The van der Waals surface area contributed by atoms with Crippen LogP contribution < -0.4 is 4.72 Å². The lowest BCUT2D eigenvalue weighted by Crippen LogP contribution is -2.52. The first-order chi connectivity index (χ1) is 13.5. The summed E-state index contributed by atoms with van der Waals surface area (Å²) in [7, 11) is -4.06. The maximum Gasteiger partial charge on any atom is 0.407 e. The van der Waals surface area contributed by atoms with Crippen LogP contribution in [0.15, 0.2) is 48.5 Å². The third kappa shape index (κ3) is 4.54. The van der Waals surface area contributed by atoms with Gasteiger partial charge in [-0.05, 0) is 17.5 Å². The van der Waals surface area contributed by atoms with Crippen molar-refractivity contribution in [1.82, 2.24) is 9.62 Å². The molecule has 2 aromatic carbocycles. The van der Waals surface area contributed by atoms with Gasteiger partial charge in [-0.3, -0.25) is 4.90 Å². The largest absolute Gasteiger partial charge is 0.465 e. The van der Waals surface area contributed by atoms with Gasteiger partial charge in [-0.2, -0.15) is 0 Å². The predicted molar refractivity (Wildman–Crippen MR) is 101 cm³/mol. The minimum absolute atomic E-state index is 0.0144. The molecule has 6 nitrogen and oxygen atoms in total. The van der Waals surface area contributed by atoms with Gasteiger partial charge in [0.05, 0.1) is 18.8 Å². The summed E-state index contributed by atoms with van der Waals surface area (Å²) < 4.78 is 68.9. The van der Waals surface area contributed by atoms with Gasteiger partial charge < -0.3 is 5.11 Å². The zero-order chi connectivity index (χ0) is 21.4. The van der Waals surface area contributed by atoms with Gasteiger partial charge in [-0.25, -0.2) is 31.1 Å². The average Bonchev–Trinajstić information content (AvgIpc) is 2.87. The third-order valence-corrected chi connectivity index (χ3v) is 5.48. The SMILES string of the molecule is CS(=O)(=O)NC1C(Cc2cccc(-c3ccccc3)c2F)N(C(=O)O)CC1(F)F. The molecule has 2 atom stereocenters. The van der Waals surface area contributed by atoms with E-state index in [4.69, 9.17) is 0 Å². The highest BCUT2D eigenvalue weighted by Crippen LogP contribution is 2.36. The van der Waals surface area contributed by atoms with Gasteiger partial charge in [0, 0.05) is 5.56 Å². The van der Waals surface area contributed by atoms with Crippen molar-refractivity contribution in [3.63, 3.8) is 0 Å². The highest BCUT2D eigenvalue weighted by molar-refractivity contribution is 7.88. The van der Waals surface area contributed by atoms with E-state index in [1.807, 2.05) is 4.72 Å². The fourth-order valence-electron chi connectivity index (χ4n) is 3.54. The first-order valence-corrected chi connectivity index (χ1v) is 10.6. The number of amides is 1. The van der Waals surface area contributed by atoms with Crippen molar-refractivity contribution in [3.8, 4) is 11.1 Å². The molecule has 0 aromatic heterocycles. The number of benzene rings is 2. The van der Waals surface area contributed by atoms with Crippen molar-refractivity contribution < 1.29 is 31.5 Å². The van der Waals surface area contributed by atoms with Crippen LogP contribution in [0.3, 0.4) is 0 Å². The molecule has 29 heavy (non-hydrogen) atoms. The minimum Gasteiger partial charge on any atom is -0.465 e. The normalized spacial score (nSPS) is 21.3. The minimum atomic E-state index is -4.06. The molecule has 2 unspecified atom stereocenters. The van der Waals surface area contributed by atoms with Crippen LogP contribution in [0.2, 0.25) is 0 Å². The van der Waals surface area contributed by atoms with Crippen molar-refractivity contribution in [1.29, 1.82) is 0 Å². The Hall–Kier alpha value is -2.59. The fraction of sp³-hybridized carbons (Fsp3) is 0.316. The van der Waals surface area contributed by atoms with Gasteiger partial charge in [0.25, 0.3) is 5.92 Å². The zero-order valence-corrected chi connectivity index (χ0v) is 16.2. The first kappa shape index (κ1) is 21.1. The second-order valence-electron chi connectivity index (χ2n) is 6.96. The van der Waals surface area contributed by atoms with E-state index in [0.29, 0.717) is 16.7 Å². The van der Waals surface area contributed by atoms with Gasteiger partial charge in [0.15, 0.2) is 0 Å². The number of nitrogens with one attached hydrogen (secondary N) is 1. The van der Waals surface area contributed by atoms with Crippen molar-refractivity contribution in [2.75, 3.05) is 12.8 Å². The molecule has 3 rings (SSSR count). The number of alkyl halides is 2. The van der Waals surface area contributed by atoms with Crippen molar-refractivity contribution in [3.05, 3.63) is 59.9 Å². The molecule has 2 N–H and O–H groups in total. The maximum atomic E-state index is 15.1. The van der Waals surface area contributed by atoms with E-state index in [-0.39, 0.29) is 11.1 Å². The van der Waals surface area contributed by atoms with Gasteiger partial charge in [-0.1, -0.05) is 48.5 Å². The van der Waals surface area contributed by atoms with E-state index in [9.17, 15) is 27.1 Å². The number of carboxylic acid groups (broad SMARTS) is 1. The van der Waals surface area contributed by atoms with E-state index in [1.165, 1.54) is 18.2 Å². The lowest BCUT2D eigenvalue weighted by Gasteiger charge is -2.26. The van der Waals surface area contributed by atoms with Crippen LogP contribution in [-0.4, -0.2) is 55.3 Å². The van der Waals surface area contributed by atoms with Crippen molar-refractivity contribution in [2.24, 2.45) is 0 Å². The second kappa shape index (κ2) is 7.68. The summed E-state index contributed by atoms with van der Waals surface area (Å²) in [4.78, 5) is 12.0. The summed E-state index contributed by atoms with van der Waals surface area (Å²) in [5, 5.41) is 9.33. The Kier molecular flexibility index (Phi) is 5.59. The molecule has 1 heterocycles. The molecule has 0 saturated carbocycles. The second-order valence-corrected chi connectivity index (χ2v) is 8.74. The van der Waals surface area contributed by atoms with Crippen molar-refractivity contribution in [2.45, 2.75) is 24.4 Å². The Morgan fingerprint density at radius 2 is 1.86 bits per heavy atom. The molecular formula is C19H19F3N2O4S. The van der Waals surface area contributed by atoms with Gasteiger partial charge in [0.1, 0.15) is 11.9 Å². The van der Waals surface area contributed by atoms with E-state index < -0.39 is 52.9 Å². The Morgan fingerprint density at radius 1 is 1.21 bits per heavy atom. The highest BCUT2D eigenvalue weighted by Gasteiger charge is 2.57. The monoisotopic (exact) mass is 428 g/mol. The third-order valence-electron chi connectivity index (χ3n) is 4.80. The molecule has 0 aliphatic carbocycles. The van der Waals surface area contributed by atoms with E-state index in [1.54, 1.807) is 30.3 Å². The number of nitrogens with zero attached hydrogens (tertiary/aromatic N) is 1. The molecule has 0 bridgehead atoms. The van der Waals surface area contributed by atoms with Crippen molar-refractivity contribution >= 4 is 16.1 Å². The molecule has 10 heteroatoms. The molecule has 0 radical (unpaired) electrons. The van der Waals surface area contributed by atoms with Gasteiger partial charge in [-0.15, -0.1) is 0 Å². The lowest BCUT2D eigenvalue weighted by atomic mass is 9.95. The molecule has 1 saturated heterocycles. The number of halogens is 3. The Morgan fingerprint density at radius 3 is 2.45 bits per heavy atom. The van der Waals surface area contributed by atoms with E-state index in [2.05, 4.69) is 0 Å². The number of carbonyl (C=O) groups is 1. The number of rotatable bonds is 5. The number of likely N-dealkylation sites (tertiary alicyclic amines) is 1. The standard InChI is InChI=1S/C19H19F3N2O4S/c1-29(27,28)23-17-15(24(18(25)26)11-19(17,21)22)10-13-8-5-9-14(16(13)20)12-6-3-2-4-7-12/h2-9,15,17,23H,10-11H2,1H3,(H,25,26).